The van der Waals surface area contributed by atoms with Crippen LogP contribution in [0, 0.1) is 5.82 Å². The van der Waals surface area contributed by atoms with Gasteiger partial charge in [-0.2, -0.15) is 0 Å². The minimum absolute atomic E-state index is 0.0660. The molecule has 0 aromatic heterocycles. The van der Waals surface area contributed by atoms with Crippen molar-refractivity contribution in [3.63, 3.8) is 0 Å². The van der Waals surface area contributed by atoms with Crippen LogP contribution in [0.2, 0.25) is 18.1 Å². The van der Waals surface area contributed by atoms with Crippen molar-refractivity contribution in [2.24, 2.45) is 0 Å². The van der Waals surface area contributed by atoms with Gasteiger partial charge in [0.15, 0.2) is 14.1 Å². The van der Waals surface area contributed by atoms with Crippen LogP contribution in [0.15, 0.2) is 48.5 Å². The van der Waals surface area contributed by atoms with E-state index in [2.05, 4.69) is 33.9 Å². The fourth-order valence-electron chi connectivity index (χ4n) is 3.89. The zero-order valence-electron chi connectivity index (χ0n) is 21.7. The second-order valence-electron chi connectivity index (χ2n) is 11.2. The van der Waals surface area contributed by atoms with Gasteiger partial charge in [-0.25, -0.2) is 9.18 Å². The highest BCUT2D eigenvalue weighted by Crippen LogP contribution is 2.37. The van der Waals surface area contributed by atoms with E-state index in [0.717, 1.165) is 5.56 Å². The highest BCUT2D eigenvalue weighted by molar-refractivity contribution is 6.74. The third-order valence-electron chi connectivity index (χ3n) is 7.12. The predicted molar refractivity (Wildman–Crippen MR) is 138 cm³/mol. The molecule has 1 saturated heterocycles. The van der Waals surface area contributed by atoms with Crippen LogP contribution in [-0.2, 0) is 22.4 Å². The Labute approximate surface area is 205 Å². The summed E-state index contributed by atoms with van der Waals surface area (Å²) in [5.41, 5.74) is 1.57. The SMILES string of the molecule is CC1(C)CN(c2cccc(CO[Si](C)(C)C(C)(C)C)c2F)CCN1C(=O)OCc1ccccc1. The summed E-state index contributed by atoms with van der Waals surface area (Å²) in [6, 6.07) is 15.1. The van der Waals surface area contributed by atoms with Gasteiger partial charge < -0.3 is 14.1 Å². The molecule has 186 valence electrons. The first-order valence-electron chi connectivity index (χ1n) is 12.0. The smallest absolute Gasteiger partial charge is 0.410 e. The third-order valence-corrected chi connectivity index (χ3v) is 11.6. The molecule has 0 unspecified atom stereocenters. The Morgan fingerprint density at radius 1 is 1.03 bits per heavy atom. The Bertz CT molecular complexity index is 989. The average Bonchev–Trinajstić information content (AvgIpc) is 2.76. The third kappa shape index (κ3) is 5.99. The molecular formula is C27H39FN2O3Si. The number of benzene rings is 2. The quantitative estimate of drug-likeness (QED) is 0.432. The zero-order chi connectivity index (χ0) is 25.1. The Kier molecular flexibility index (Phi) is 7.78. The van der Waals surface area contributed by atoms with Crippen molar-refractivity contribution in [2.45, 2.75) is 71.5 Å². The second-order valence-corrected chi connectivity index (χ2v) is 16.0. The summed E-state index contributed by atoms with van der Waals surface area (Å²) in [6.45, 7) is 16.9. The highest BCUT2D eigenvalue weighted by Gasteiger charge is 2.39. The molecule has 1 aliphatic heterocycles. The lowest BCUT2D eigenvalue weighted by Gasteiger charge is -2.47. The Hall–Kier alpha value is -2.38. The van der Waals surface area contributed by atoms with Crippen molar-refractivity contribution in [3.05, 3.63) is 65.5 Å². The van der Waals surface area contributed by atoms with Gasteiger partial charge in [-0.1, -0.05) is 63.2 Å². The number of carbonyl (C=O) groups excluding carboxylic acids is 1. The molecule has 0 spiro atoms. The summed E-state index contributed by atoms with van der Waals surface area (Å²) in [5, 5.41) is 0.0660. The van der Waals surface area contributed by atoms with E-state index >= 15 is 4.39 Å². The molecule has 0 saturated carbocycles. The second kappa shape index (κ2) is 10.1. The highest BCUT2D eigenvalue weighted by atomic mass is 28.4. The minimum Gasteiger partial charge on any atom is -0.445 e. The van der Waals surface area contributed by atoms with Gasteiger partial charge in [-0.05, 0) is 43.6 Å². The number of carbonyl (C=O) groups is 1. The normalized spacial score (nSPS) is 16.5. The maximum absolute atomic E-state index is 15.5. The number of amides is 1. The first kappa shape index (κ1) is 26.2. The van der Waals surface area contributed by atoms with Gasteiger partial charge in [0.25, 0.3) is 0 Å². The lowest BCUT2D eigenvalue weighted by Crippen LogP contribution is -2.61. The van der Waals surface area contributed by atoms with Crippen LogP contribution in [0.25, 0.3) is 0 Å². The molecular weight excluding hydrogens is 447 g/mol. The zero-order valence-corrected chi connectivity index (χ0v) is 22.7. The number of halogens is 1. The molecule has 1 heterocycles. The first-order chi connectivity index (χ1) is 15.8. The standard InChI is InChI=1S/C27H39FN2O3Si/c1-26(2,3)34(6,7)33-19-22-14-11-15-23(24(22)28)29-16-17-30(27(4,5)20-29)25(31)32-18-21-12-9-8-10-13-21/h8-15H,16-20H2,1-7H3. The van der Waals surface area contributed by atoms with E-state index in [9.17, 15) is 4.79 Å². The molecule has 3 rings (SSSR count). The van der Waals surface area contributed by atoms with Crippen LogP contribution in [-0.4, -0.2) is 44.5 Å². The average molecular weight is 487 g/mol. The summed E-state index contributed by atoms with van der Waals surface area (Å²) in [6.07, 6.45) is -0.342. The maximum Gasteiger partial charge on any atom is 0.410 e. The van der Waals surface area contributed by atoms with Crippen LogP contribution < -0.4 is 4.90 Å². The van der Waals surface area contributed by atoms with Crippen LogP contribution in [0.4, 0.5) is 14.9 Å². The molecule has 1 amide bonds. The van der Waals surface area contributed by atoms with Crippen LogP contribution in [0.1, 0.15) is 45.7 Å². The van der Waals surface area contributed by atoms with Crippen LogP contribution in [0.3, 0.4) is 0 Å². The summed E-state index contributed by atoms with van der Waals surface area (Å²) in [7, 11) is -1.98. The molecule has 34 heavy (non-hydrogen) atoms. The number of piperazine rings is 1. The lowest BCUT2D eigenvalue weighted by molar-refractivity contribution is 0.0514. The molecule has 0 aliphatic carbocycles. The topological polar surface area (TPSA) is 42.0 Å². The minimum atomic E-state index is -1.98. The van der Waals surface area contributed by atoms with Crippen LogP contribution in [0.5, 0.6) is 0 Å². The van der Waals surface area contributed by atoms with Gasteiger partial charge in [0.1, 0.15) is 6.61 Å². The summed E-state index contributed by atoms with van der Waals surface area (Å²) < 4.78 is 27.4. The molecule has 7 heteroatoms. The van der Waals surface area contributed by atoms with Crippen molar-refractivity contribution in [2.75, 3.05) is 24.5 Å². The lowest BCUT2D eigenvalue weighted by atomic mass is 9.98. The fourth-order valence-corrected chi connectivity index (χ4v) is 4.84. The van der Waals surface area contributed by atoms with E-state index in [1.165, 1.54) is 0 Å². The monoisotopic (exact) mass is 486 g/mol. The van der Waals surface area contributed by atoms with Gasteiger partial charge in [0.05, 0.1) is 17.8 Å². The molecule has 1 aliphatic rings. The molecule has 2 aromatic carbocycles. The van der Waals surface area contributed by atoms with Crippen molar-refractivity contribution in [3.8, 4) is 0 Å². The molecule has 0 bridgehead atoms. The first-order valence-corrected chi connectivity index (χ1v) is 14.9. The van der Waals surface area contributed by atoms with E-state index < -0.39 is 13.9 Å². The Morgan fingerprint density at radius 2 is 1.71 bits per heavy atom. The maximum atomic E-state index is 15.5. The number of nitrogens with zero attached hydrogens (tertiary/aromatic N) is 2. The molecule has 5 nitrogen and oxygen atoms in total. The number of ether oxygens (including phenoxy) is 1. The van der Waals surface area contributed by atoms with Gasteiger partial charge in [-0.3, -0.25) is 4.90 Å². The number of hydrogen-bond acceptors (Lipinski definition) is 4. The molecule has 2 aromatic rings. The van der Waals surface area contributed by atoms with Crippen molar-refractivity contribution < 1.29 is 18.3 Å². The largest absolute Gasteiger partial charge is 0.445 e. The summed E-state index contributed by atoms with van der Waals surface area (Å²) in [4.78, 5) is 16.6. The predicted octanol–water partition coefficient (Wildman–Crippen LogP) is 6.58. The van der Waals surface area contributed by atoms with Crippen molar-refractivity contribution >= 4 is 20.1 Å². The number of rotatable bonds is 6. The molecule has 0 atom stereocenters. The number of anilines is 1. The van der Waals surface area contributed by atoms with E-state index in [-0.39, 0.29) is 30.2 Å². The Balaban J connectivity index is 1.67. The molecule has 1 fully saturated rings. The van der Waals surface area contributed by atoms with Gasteiger partial charge >= 0.3 is 6.09 Å². The van der Waals surface area contributed by atoms with Crippen molar-refractivity contribution in [1.82, 2.24) is 4.90 Å². The number of hydrogen-bond donors (Lipinski definition) is 0. The van der Waals surface area contributed by atoms with E-state index in [0.29, 0.717) is 30.9 Å². The van der Waals surface area contributed by atoms with Crippen LogP contribution >= 0.6 is 0 Å². The van der Waals surface area contributed by atoms with E-state index in [4.69, 9.17) is 9.16 Å². The van der Waals surface area contributed by atoms with Gasteiger partial charge in [-0.15, -0.1) is 0 Å². The van der Waals surface area contributed by atoms with Gasteiger partial charge in [0.2, 0.25) is 0 Å². The van der Waals surface area contributed by atoms with Gasteiger partial charge in [0, 0.05) is 25.2 Å². The molecule has 0 N–H and O–H groups in total. The fraction of sp³-hybridized carbons (Fsp3) is 0.519. The molecule has 0 radical (unpaired) electrons. The summed E-state index contributed by atoms with van der Waals surface area (Å²) in [5.74, 6) is -0.239. The summed E-state index contributed by atoms with van der Waals surface area (Å²) >= 11 is 0. The van der Waals surface area contributed by atoms with E-state index in [1.807, 2.05) is 61.2 Å². The van der Waals surface area contributed by atoms with Crippen molar-refractivity contribution in [1.29, 1.82) is 0 Å². The Morgan fingerprint density at radius 3 is 2.32 bits per heavy atom. The van der Waals surface area contributed by atoms with E-state index in [1.54, 1.807) is 11.0 Å².